The molecule has 7 heteroatoms. The van der Waals surface area contributed by atoms with Gasteiger partial charge in [0.05, 0.1) is 17.8 Å². The van der Waals surface area contributed by atoms with Crippen molar-refractivity contribution in [2.45, 2.75) is 13.8 Å². The van der Waals surface area contributed by atoms with Crippen LogP contribution in [0.2, 0.25) is 0 Å². The van der Waals surface area contributed by atoms with Gasteiger partial charge in [-0.3, -0.25) is 14.6 Å². The Labute approximate surface area is 192 Å². The van der Waals surface area contributed by atoms with Gasteiger partial charge in [0.15, 0.2) is 0 Å². The molecule has 7 nitrogen and oxygen atoms in total. The van der Waals surface area contributed by atoms with E-state index < -0.39 is 0 Å². The molecule has 0 saturated carbocycles. The highest BCUT2D eigenvalue weighted by Gasteiger charge is 2.23. The SMILES string of the molecule is Cc1cccc(NC(=O)CN(C)C(=O)c2cn(-c3ccccc3)nc2-c2cccnc2)c1C. The number of amides is 2. The van der Waals surface area contributed by atoms with Crippen molar-refractivity contribution in [3.63, 3.8) is 0 Å². The lowest BCUT2D eigenvalue weighted by atomic mass is 10.1. The smallest absolute Gasteiger partial charge is 0.257 e. The second-order valence-electron chi connectivity index (χ2n) is 7.87. The number of hydrogen-bond acceptors (Lipinski definition) is 4. The summed E-state index contributed by atoms with van der Waals surface area (Å²) in [7, 11) is 1.61. The fraction of sp³-hybridized carbons (Fsp3) is 0.154. The molecule has 2 amide bonds. The van der Waals surface area contributed by atoms with Gasteiger partial charge in [-0.1, -0.05) is 30.3 Å². The van der Waals surface area contributed by atoms with Gasteiger partial charge in [0, 0.05) is 36.9 Å². The van der Waals surface area contributed by atoms with Gasteiger partial charge in [-0.05, 0) is 55.3 Å². The lowest BCUT2D eigenvalue weighted by Gasteiger charge is -2.17. The van der Waals surface area contributed by atoms with E-state index in [0.29, 0.717) is 11.3 Å². The largest absolute Gasteiger partial charge is 0.332 e. The minimum Gasteiger partial charge on any atom is -0.332 e. The Kier molecular flexibility index (Phi) is 6.31. The molecule has 0 atom stereocenters. The third kappa shape index (κ3) is 4.82. The Morgan fingerprint density at radius 2 is 1.79 bits per heavy atom. The van der Waals surface area contributed by atoms with E-state index in [1.54, 1.807) is 36.4 Å². The second kappa shape index (κ2) is 9.48. The summed E-state index contributed by atoms with van der Waals surface area (Å²) in [6.45, 7) is 3.86. The predicted molar refractivity (Wildman–Crippen MR) is 128 cm³/mol. The van der Waals surface area contributed by atoms with E-state index in [0.717, 1.165) is 28.1 Å². The van der Waals surface area contributed by atoms with Gasteiger partial charge in [0.1, 0.15) is 5.69 Å². The summed E-state index contributed by atoms with van der Waals surface area (Å²) in [4.78, 5) is 31.6. The van der Waals surface area contributed by atoms with Gasteiger partial charge >= 0.3 is 0 Å². The number of rotatable bonds is 6. The number of anilines is 1. The summed E-state index contributed by atoms with van der Waals surface area (Å²) in [5.41, 5.74) is 5.30. The molecule has 0 fully saturated rings. The number of carbonyl (C=O) groups excluding carboxylic acids is 2. The van der Waals surface area contributed by atoms with Gasteiger partial charge in [-0.25, -0.2) is 4.68 Å². The van der Waals surface area contributed by atoms with Crippen LogP contribution in [0.5, 0.6) is 0 Å². The fourth-order valence-corrected chi connectivity index (χ4v) is 3.53. The van der Waals surface area contributed by atoms with E-state index in [1.807, 2.05) is 68.4 Å². The summed E-state index contributed by atoms with van der Waals surface area (Å²) >= 11 is 0. The zero-order valence-corrected chi connectivity index (χ0v) is 18.8. The van der Waals surface area contributed by atoms with E-state index in [9.17, 15) is 9.59 Å². The number of pyridine rings is 1. The van der Waals surface area contributed by atoms with E-state index >= 15 is 0 Å². The first-order valence-electron chi connectivity index (χ1n) is 10.6. The molecule has 166 valence electrons. The van der Waals surface area contributed by atoms with Crippen LogP contribution in [0.3, 0.4) is 0 Å². The molecular formula is C26H25N5O2. The highest BCUT2D eigenvalue weighted by molar-refractivity contribution is 6.02. The highest BCUT2D eigenvalue weighted by atomic mass is 16.2. The minimum atomic E-state index is -0.299. The molecule has 4 aromatic rings. The standard InChI is InChI=1S/C26H25N5O2/c1-18-9-7-13-23(19(18)2)28-24(32)17-30(3)26(33)22-16-31(21-11-5-4-6-12-21)29-25(22)20-10-8-14-27-15-20/h4-16H,17H2,1-3H3,(H,28,32). The molecule has 33 heavy (non-hydrogen) atoms. The number of aryl methyl sites for hydroxylation is 1. The third-order valence-electron chi connectivity index (χ3n) is 5.51. The molecule has 0 unspecified atom stereocenters. The van der Waals surface area contributed by atoms with Crippen molar-refractivity contribution in [3.8, 4) is 16.9 Å². The highest BCUT2D eigenvalue weighted by Crippen LogP contribution is 2.24. The summed E-state index contributed by atoms with van der Waals surface area (Å²) in [5.74, 6) is -0.565. The van der Waals surface area contributed by atoms with E-state index in [1.165, 1.54) is 4.90 Å². The molecule has 0 aliphatic heterocycles. The Morgan fingerprint density at radius 1 is 1.00 bits per heavy atom. The number of carbonyl (C=O) groups is 2. The Balaban J connectivity index is 1.59. The van der Waals surface area contributed by atoms with Crippen LogP contribution in [0.15, 0.2) is 79.3 Å². The first kappa shape index (κ1) is 22.0. The van der Waals surface area contributed by atoms with Gasteiger partial charge in [0.25, 0.3) is 5.91 Å². The normalized spacial score (nSPS) is 10.6. The summed E-state index contributed by atoms with van der Waals surface area (Å²) in [6, 6.07) is 19.0. The monoisotopic (exact) mass is 439 g/mol. The molecule has 0 radical (unpaired) electrons. The Morgan fingerprint density at radius 3 is 2.52 bits per heavy atom. The number of likely N-dealkylation sites (N-methyl/N-ethyl adjacent to an activating group) is 1. The second-order valence-corrected chi connectivity index (χ2v) is 7.87. The van der Waals surface area contributed by atoms with E-state index in [4.69, 9.17) is 0 Å². The van der Waals surface area contributed by atoms with Crippen LogP contribution in [-0.2, 0) is 4.79 Å². The molecule has 0 aliphatic carbocycles. The van der Waals surface area contributed by atoms with Crippen LogP contribution < -0.4 is 5.32 Å². The summed E-state index contributed by atoms with van der Waals surface area (Å²) in [5, 5.41) is 7.55. The van der Waals surface area contributed by atoms with Crippen molar-refractivity contribution in [1.82, 2.24) is 19.7 Å². The molecular weight excluding hydrogens is 414 g/mol. The van der Waals surface area contributed by atoms with Crippen LogP contribution in [-0.4, -0.2) is 45.1 Å². The van der Waals surface area contributed by atoms with E-state index in [2.05, 4.69) is 15.4 Å². The maximum atomic E-state index is 13.4. The fourth-order valence-electron chi connectivity index (χ4n) is 3.53. The first-order valence-corrected chi connectivity index (χ1v) is 10.6. The maximum Gasteiger partial charge on any atom is 0.257 e. The van der Waals surface area contributed by atoms with Crippen molar-refractivity contribution in [2.24, 2.45) is 0 Å². The van der Waals surface area contributed by atoms with Gasteiger partial charge in [0.2, 0.25) is 5.91 Å². The number of aromatic nitrogens is 3. The van der Waals surface area contributed by atoms with Crippen LogP contribution in [0.25, 0.3) is 16.9 Å². The number of para-hydroxylation sites is 1. The number of benzene rings is 2. The minimum absolute atomic E-state index is 0.0881. The van der Waals surface area contributed by atoms with Gasteiger partial charge in [-0.2, -0.15) is 5.10 Å². The topological polar surface area (TPSA) is 80.1 Å². The Bertz CT molecular complexity index is 1280. The molecule has 0 saturated heterocycles. The molecule has 0 bridgehead atoms. The quantitative estimate of drug-likeness (QED) is 0.487. The molecule has 2 heterocycles. The van der Waals surface area contributed by atoms with Gasteiger partial charge in [-0.15, -0.1) is 0 Å². The van der Waals surface area contributed by atoms with Crippen LogP contribution in [0.4, 0.5) is 5.69 Å². The molecule has 1 N–H and O–H groups in total. The molecule has 2 aromatic carbocycles. The van der Waals surface area contributed by atoms with Gasteiger partial charge < -0.3 is 10.2 Å². The van der Waals surface area contributed by atoms with Crippen LogP contribution in [0, 0.1) is 13.8 Å². The summed E-state index contributed by atoms with van der Waals surface area (Å²) < 4.78 is 1.67. The number of nitrogens with one attached hydrogen (secondary N) is 1. The number of hydrogen-bond donors (Lipinski definition) is 1. The van der Waals surface area contributed by atoms with Crippen molar-refractivity contribution < 1.29 is 9.59 Å². The molecule has 0 spiro atoms. The average molecular weight is 440 g/mol. The van der Waals surface area contributed by atoms with Crippen molar-refractivity contribution in [3.05, 3.63) is 95.9 Å². The lowest BCUT2D eigenvalue weighted by molar-refractivity contribution is -0.116. The first-order chi connectivity index (χ1) is 15.9. The molecule has 2 aromatic heterocycles. The Hall–Kier alpha value is -4.26. The maximum absolute atomic E-state index is 13.4. The predicted octanol–water partition coefficient (Wildman–Crippen LogP) is 4.26. The zero-order valence-electron chi connectivity index (χ0n) is 18.8. The van der Waals surface area contributed by atoms with Crippen LogP contribution in [0.1, 0.15) is 21.5 Å². The van der Waals surface area contributed by atoms with E-state index in [-0.39, 0.29) is 18.4 Å². The zero-order chi connectivity index (χ0) is 23.4. The van der Waals surface area contributed by atoms with Crippen molar-refractivity contribution >= 4 is 17.5 Å². The lowest BCUT2D eigenvalue weighted by Crippen LogP contribution is -2.35. The number of nitrogens with zero attached hydrogens (tertiary/aromatic N) is 4. The molecule has 0 aliphatic rings. The summed E-state index contributed by atoms with van der Waals surface area (Å²) in [6.07, 6.45) is 5.03. The third-order valence-corrected chi connectivity index (χ3v) is 5.51. The average Bonchev–Trinajstić information content (AvgIpc) is 3.28. The van der Waals surface area contributed by atoms with Crippen molar-refractivity contribution in [2.75, 3.05) is 18.9 Å². The van der Waals surface area contributed by atoms with Crippen molar-refractivity contribution in [1.29, 1.82) is 0 Å². The molecule has 4 rings (SSSR count). The van der Waals surface area contributed by atoms with Crippen LogP contribution >= 0.6 is 0 Å².